The highest BCUT2D eigenvalue weighted by Gasteiger charge is 2.13. The normalized spacial score (nSPS) is 12.5. The molecule has 0 aliphatic carbocycles. The van der Waals surface area contributed by atoms with Gasteiger partial charge in [-0.2, -0.15) is 5.10 Å². The Bertz CT molecular complexity index is 1140. The highest BCUT2D eigenvalue weighted by molar-refractivity contribution is 7.17. The number of nitrogens with zero attached hydrogens (tertiary/aromatic N) is 3. The second-order valence-electron chi connectivity index (χ2n) is 6.66. The van der Waals surface area contributed by atoms with E-state index in [0.29, 0.717) is 5.52 Å². The second-order valence-corrected chi connectivity index (χ2v) is 7.60. The molecule has 0 spiro atoms. The Hall–Kier alpha value is -2.93. The number of nitrogens with one attached hydrogen (secondary N) is 1. The van der Waals surface area contributed by atoms with Crippen LogP contribution in [-0.4, -0.2) is 26.1 Å². The van der Waals surface area contributed by atoms with Crippen molar-refractivity contribution in [2.75, 3.05) is 0 Å². The van der Waals surface area contributed by atoms with Gasteiger partial charge in [-0.15, -0.1) is 11.3 Å². The lowest BCUT2D eigenvalue weighted by Gasteiger charge is -2.14. The third-order valence-electron chi connectivity index (χ3n) is 4.63. The van der Waals surface area contributed by atoms with Gasteiger partial charge in [0.25, 0.3) is 5.56 Å². The number of rotatable bonds is 6. The number of hydrogen-bond donors (Lipinski definition) is 1. The predicted molar refractivity (Wildman–Crippen MR) is 107 cm³/mol. The third kappa shape index (κ3) is 3.64. The molecule has 7 heteroatoms. The van der Waals surface area contributed by atoms with Crippen molar-refractivity contribution in [2.24, 2.45) is 0 Å². The molecule has 1 N–H and O–H groups in total. The monoisotopic (exact) mass is 380 g/mol. The molecule has 0 fully saturated rings. The standard InChI is InChI=1S/C20H20N4O2S/c1-14(7-8-15-5-3-2-4-6-15)22-19(25)12-24-20(26)17-11-18-16(9-10-27-18)23(17)13-21-24/h2-6,9-11,13-14H,7-8,12H2,1H3,(H,22,25)/t14-/m0/s1. The molecular weight excluding hydrogens is 360 g/mol. The van der Waals surface area contributed by atoms with Gasteiger partial charge in [-0.25, -0.2) is 4.68 Å². The zero-order chi connectivity index (χ0) is 18.8. The first-order chi connectivity index (χ1) is 13.1. The third-order valence-corrected chi connectivity index (χ3v) is 5.48. The van der Waals surface area contributed by atoms with Crippen LogP contribution in [0.1, 0.15) is 18.9 Å². The van der Waals surface area contributed by atoms with E-state index in [9.17, 15) is 9.59 Å². The first-order valence-electron chi connectivity index (χ1n) is 8.89. The summed E-state index contributed by atoms with van der Waals surface area (Å²) in [5, 5.41) is 9.09. The average Bonchev–Trinajstić information content (AvgIpc) is 3.25. The SMILES string of the molecule is C[C@@H](CCc1ccccc1)NC(=O)Cn1ncn2c(cc3sccc32)c1=O. The number of amides is 1. The van der Waals surface area contributed by atoms with Crippen LogP contribution in [0.15, 0.2) is 59.0 Å². The van der Waals surface area contributed by atoms with Crippen LogP contribution in [0, 0.1) is 0 Å². The molecule has 1 amide bonds. The van der Waals surface area contributed by atoms with E-state index in [-0.39, 0.29) is 24.1 Å². The summed E-state index contributed by atoms with van der Waals surface area (Å²) < 4.78 is 4.02. The lowest BCUT2D eigenvalue weighted by molar-refractivity contribution is -0.122. The van der Waals surface area contributed by atoms with E-state index in [1.807, 2.05) is 42.6 Å². The van der Waals surface area contributed by atoms with Crippen LogP contribution in [0.4, 0.5) is 0 Å². The number of carbonyl (C=O) groups is 1. The number of fused-ring (bicyclic) bond motifs is 3. The van der Waals surface area contributed by atoms with E-state index < -0.39 is 0 Å². The molecule has 1 atom stereocenters. The minimum Gasteiger partial charge on any atom is -0.352 e. The fourth-order valence-electron chi connectivity index (χ4n) is 3.20. The van der Waals surface area contributed by atoms with Gasteiger partial charge in [0.2, 0.25) is 5.91 Å². The summed E-state index contributed by atoms with van der Waals surface area (Å²) in [6.45, 7) is 1.89. The molecular formula is C20H20N4O2S. The molecule has 138 valence electrons. The number of benzene rings is 1. The number of hydrogen-bond acceptors (Lipinski definition) is 4. The minimum absolute atomic E-state index is 0.0239. The fourth-order valence-corrected chi connectivity index (χ4v) is 4.01. The van der Waals surface area contributed by atoms with Gasteiger partial charge in [0, 0.05) is 6.04 Å². The minimum atomic E-state index is -0.256. The highest BCUT2D eigenvalue weighted by atomic mass is 32.1. The Balaban J connectivity index is 1.41. The molecule has 0 aliphatic rings. The first kappa shape index (κ1) is 17.5. The summed E-state index contributed by atoms with van der Waals surface area (Å²) in [5.41, 5.74) is 2.49. The molecule has 6 nitrogen and oxygen atoms in total. The van der Waals surface area contributed by atoms with Crippen molar-refractivity contribution in [3.05, 3.63) is 70.1 Å². The largest absolute Gasteiger partial charge is 0.352 e. The molecule has 0 saturated heterocycles. The molecule has 0 saturated carbocycles. The molecule has 4 rings (SSSR count). The topological polar surface area (TPSA) is 68.4 Å². The molecule has 0 bridgehead atoms. The van der Waals surface area contributed by atoms with E-state index in [2.05, 4.69) is 22.5 Å². The first-order valence-corrected chi connectivity index (χ1v) is 9.77. The van der Waals surface area contributed by atoms with Crippen molar-refractivity contribution in [1.29, 1.82) is 0 Å². The lowest BCUT2D eigenvalue weighted by atomic mass is 10.1. The summed E-state index contributed by atoms with van der Waals surface area (Å²) >= 11 is 1.58. The average molecular weight is 380 g/mol. The van der Waals surface area contributed by atoms with Crippen molar-refractivity contribution in [3.8, 4) is 0 Å². The van der Waals surface area contributed by atoms with Gasteiger partial charge in [0.1, 0.15) is 18.4 Å². The Labute approximate surface area is 160 Å². The zero-order valence-electron chi connectivity index (χ0n) is 15.0. The van der Waals surface area contributed by atoms with Gasteiger partial charge in [-0.3, -0.25) is 14.0 Å². The maximum Gasteiger partial charge on any atom is 0.291 e. The van der Waals surface area contributed by atoms with Crippen molar-refractivity contribution >= 4 is 33.0 Å². The van der Waals surface area contributed by atoms with Crippen LogP contribution in [0.25, 0.3) is 15.7 Å². The van der Waals surface area contributed by atoms with E-state index >= 15 is 0 Å². The van der Waals surface area contributed by atoms with Crippen LogP contribution in [-0.2, 0) is 17.8 Å². The maximum atomic E-state index is 12.6. The number of aryl methyl sites for hydroxylation is 1. The van der Waals surface area contributed by atoms with Crippen molar-refractivity contribution < 1.29 is 4.79 Å². The zero-order valence-corrected chi connectivity index (χ0v) is 15.8. The van der Waals surface area contributed by atoms with Crippen LogP contribution in [0.2, 0.25) is 0 Å². The fraction of sp³-hybridized carbons (Fsp3) is 0.250. The maximum absolute atomic E-state index is 12.6. The van der Waals surface area contributed by atoms with Crippen LogP contribution < -0.4 is 10.9 Å². The second kappa shape index (κ2) is 7.36. The van der Waals surface area contributed by atoms with Gasteiger partial charge in [0.15, 0.2) is 0 Å². The van der Waals surface area contributed by atoms with E-state index in [0.717, 1.165) is 23.1 Å². The van der Waals surface area contributed by atoms with Gasteiger partial charge in [-0.05, 0) is 42.8 Å². The van der Waals surface area contributed by atoms with Crippen molar-refractivity contribution in [1.82, 2.24) is 19.5 Å². The number of thiophene rings is 1. The van der Waals surface area contributed by atoms with E-state index in [1.54, 1.807) is 22.1 Å². The Morgan fingerprint density at radius 3 is 2.85 bits per heavy atom. The van der Waals surface area contributed by atoms with Crippen LogP contribution in [0.5, 0.6) is 0 Å². The molecule has 0 unspecified atom stereocenters. The molecule has 0 aliphatic heterocycles. The van der Waals surface area contributed by atoms with Crippen molar-refractivity contribution in [3.63, 3.8) is 0 Å². The lowest BCUT2D eigenvalue weighted by Crippen LogP contribution is -2.38. The summed E-state index contributed by atoms with van der Waals surface area (Å²) in [6, 6.07) is 14.0. The molecule has 27 heavy (non-hydrogen) atoms. The summed E-state index contributed by atoms with van der Waals surface area (Å²) in [5.74, 6) is -0.206. The van der Waals surface area contributed by atoms with Gasteiger partial charge >= 0.3 is 0 Å². The Morgan fingerprint density at radius 2 is 2.04 bits per heavy atom. The molecule has 4 aromatic rings. The summed E-state index contributed by atoms with van der Waals surface area (Å²) in [4.78, 5) is 25.0. The number of carbonyl (C=O) groups excluding carboxylic acids is 1. The smallest absolute Gasteiger partial charge is 0.291 e. The molecule has 3 heterocycles. The van der Waals surface area contributed by atoms with Gasteiger partial charge < -0.3 is 5.32 Å². The highest BCUT2D eigenvalue weighted by Crippen LogP contribution is 2.23. The summed E-state index contributed by atoms with van der Waals surface area (Å²) in [7, 11) is 0. The van der Waals surface area contributed by atoms with E-state index in [4.69, 9.17) is 0 Å². The van der Waals surface area contributed by atoms with E-state index in [1.165, 1.54) is 10.2 Å². The molecule has 1 aromatic carbocycles. The Kier molecular flexibility index (Phi) is 4.77. The van der Waals surface area contributed by atoms with Gasteiger partial charge in [0.05, 0.1) is 10.2 Å². The molecule has 3 aromatic heterocycles. The van der Waals surface area contributed by atoms with Crippen LogP contribution in [0.3, 0.4) is 0 Å². The summed E-state index contributed by atoms with van der Waals surface area (Å²) in [6.07, 6.45) is 3.33. The van der Waals surface area contributed by atoms with Gasteiger partial charge in [-0.1, -0.05) is 30.3 Å². The molecule has 0 radical (unpaired) electrons. The Morgan fingerprint density at radius 1 is 1.22 bits per heavy atom. The number of aromatic nitrogens is 3. The van der Waals surface area contributed by atoms with Crippen molar-refractivity contribution in [2.45, 2.75) is 32.4 Å². The predicted octanol–water partition coefficient (Wildman–Crippen LogP) is 2.85. The van der Waals surface area contributed by atoms with Crippen LogP contribution >= 0.6 is 11.3 Å². The quantitative estimate of drug-likeness (QED) is 0.559.